The maximum Gasteiger partial charge on any atom is 0.416 e. The SMILES string of the molecule is CC(C)(C)OC(=O)[C@H](Cc1ccc(OCCCNc2ccccn2)c(N)c1)NS(=O)(=O)c1cccc(C(F)(F)F)c1. The molecular weight excluding hydrogens is 561 g/mol. The van der Waals surface area contributed by atoms with Crippen LogP contribution in [0.1, 0.15) is 38.3 Å². The molecule has 0 amide bonds. The summed E-state index contributed by atoms with van der Waals surface area (Å²) in [7, 11) is -4.54. The number of pyridine rings is 1. The first kappa shape index (κ1) is 31.7. The van der Waals surface area contributed by atoms with Crippen LogP contribution in [-0.2, 0) is 32.2 Å². The number of halogens is 3. The van der Waals surface area contributed by atoms with E-state index in [0.29, 0.717) is 37.0 Å². The fraction of sp³-hybridized carbons (Fsp3) is 0.357. The lowest BCUT2D eigenvalue weighted by Crippen LogP contribution is -2.45. The second kappa shape index (κ2) is 13.2. The van der Waals surface area contributed by atoms with Crippen LogP contribution in [0.4, 0.5) is 24.7 Å². The van der Waals surface area contributed by atoms with Crippen LogP contribution in [0.5, 0.6) is 5.75 Å². The summed E-state index contributed by atoms with van der Waals surface area (Å²) in [6, 6.07) is 12.1. The summed E-state index contributed by atoms with van der Waals surface area (Å²) in [6.07, 6.45) is -2.57. The number of hydrogen-bond acceptors (Lipinski definition) is 8. The summed E-state index contributed by atoms with van der Waals surface area (Å²) in [5, 5.41) is 3.17. The van der Waals surface area contributed by atoms with E-state index in [4.69, 9.17) is 15.2 Å². The Kier molecular flexibility index (Phi) is 10.2. The zero-order valence-corrected chi connectivity index (χ0v) is 23.7. The van der Waals surface area contributed by atoms with Crippen molar-refractivity contribution in [1.82, 2.24) is 9.71 Å². The standard InChI is InChI=1S/C28H33F3N4O5S/c1-27(2,3)40-26(36)23(35-41(37,38)21-9-6-8-20(18-21)28(29,30)31)17-19-11-12-24(22(32)16-19)39-15-7-14-34-25-10-4-5-13-33-25/h4-6,8-13,16,18,23,35H,7,14-15,17,32H2,1-3H3,(H,33,34)/t23-/m0/s1. The first-order valence-electron chi connectivity index (χ1n) is 12.7. The number of ether oxygens (including phenoxy) is 2. The van der Waals surface area contributed by atoms with Crippen LogP contribution < -0.4 is 20.5 Å². The number of hydrogen-bond donors (Lipinski definition) is 3. The lowest BCUT2D eigenvalue weighted by Gasteiger charge is -2.25. The molecule has 0 fully saturated rings. The molecule has 3 aromatic rings. The van der Waals surface area contributed by atoms with Crippen LogP contribution in [0.15, 0.2) is 71.8 Å². The van der Waals surface area contributed by atoms with E-state index >= 15 is 0 Å². The fourth-order valence-corrected chi connectivity index (χ4v) is 4.90. The molecule has 2 aromatic carbocycles. The highest BCUT2D eigenvalue weighted by Crippen LogP contribution is 2.31. The average molecular weight is 595 g/mol. The number of benzene rings is 2. The number of sulfonamides is 1. The van der Waals surface area contributed by atoms with Crippen molar-refractivity contribution in [3.63, 3.8) is 0 Å². The molecule has 0 saturated carbocycles. The first-order chi connectivity index (χ1) is 19.1. The van der Waals surface area contributed by atoms with Gasteiger partial charge >= 0.3 is 12.1 Å². The van der Waals surface area contributed by atoms with Crippen molar-refractivity contribution >= 4 is 27.5 Å². The molecule has 9 nitrogen and oxygen atoms in total. The maximum atomic E-state index is 13.2. The monoisotopic (exact) mass is 594 g/mol. The normalized spacial score (nSPS) is 12.9. The van der Waals surface area contributed by atoms with Gasteiger partial charge in [0, 0.05) is 12.7 Å². The molecular formula is C28H33F3N4O5S. The molecule has 0 saturated heterocycles. The van der Waals surface area contributed by atoms with E-state index in [1.54, 1.807) is 39.1 Å². The Balaban J connectivity index is 1.71. The van der Waals surface area contributed by atoms with Crippen molar-refractivity contribution in [2.75, 3.05) is 24.2 Å². The zero-order chi connectivity index (χ0) is 30.3. The van der Waals surface area contributed by atoms with Crippen molar-refractivity contribution < 1.29 is 35.9 Å². The molecule has 0 bridgehead atoms. The third-order valence-electron chi connectivity index (χ3n) is 5.52. The van der Waals surface area contributed by atoms with Crippen molar-refractivity contribution in [3.05, 3.63) is 78.0 Å². The van der Waals surface area contributed by atoms with Crippen molar-refractivity contribution in [2.24, 2.45) is 0 Å². The van der Waals surface area contributed by atoms with E-state index in [1.807, 2.05) is 18.2 Å². The highest BCUT2D eigenvalue weighted by Gasteiger charge is 2.34. The Morgan fingerprint density at radius 3 is 2.44 bits per heavy atom. The Morgan fingerprint density at radius 2 is 1.80 bits per heavy atom. The number of anilines is 2. The van der Waals surface area contributed by atoms with Crippen molar-refractivity contribution in [1.29, 1.82) is 0 Å². The van der Waals surface area contributed by atoms with Gasteiger partial charge in [0.2, 0.25) is 10.0 Å². The van der Waals surface area contributed by atoms with Crippen LogP contribution >= 0.6 is 0 Å². The number of aromatic nitrogens is 1. The van der Waals surface area contributed by atoms with Gasteiger partial charge in [0.1, 0.15) is 23.2 Å². The molecule has 0 unspecified atom stereocenters. The van der Waals surface area contributed by atoms with Gasteiger partial charge in [-0.25, -0.2) is 13.4 Å². The molecule has 1 aromatic heterocycles. The van der Waals surface area contributed by atoms with Gasteiger partial charge in [0.15, 0.2) is 0 Å². The van der Waals surface area contributed by atoms with Gasteiger partial charge in [0.05, 0.1) is 22.8 Å². The van der Waals surface area contributed by atoms with Gasteiger partial charge in [-0.15, -0.1) is 0 Å². The molecule has 1 heterocycles. The fourth-order valence-electron chi connectivity index (χ4n) is 3.67. The Bertz CT molecular complexity index is 1430. The molecule has 0 radical (unpaired) electrons. The number of esters is 1. The zero-order valence-electron chi connectivity index (χ0n) is 22.9. The topological polar surface area (TPSA) is 133 Å². The van der Waals surface area contributed by atoms with Crippen molar-refractivity contribution in [3.8, 4) is 5.75 Å². The maximum absolute atomic E-state index is 13.2. The quantitative estimate of drug-likeness (QED) is 0.155. The molecule has 4 N–H and O–H groups in total. The van der Waals surface area contributed by atoms with Crippen LogP contribution in [0, 0.1) is 0 Å². The van der Waals surface area contributed by atoms with Crippen LogP contribution in [0.3, 0.4) is 0 Å². The summed E-state index contributed by atoms with van der Waals surface area (Å²) < 4.78 is 78.9. The van der Waals surface area contributed by atoms with Gasteiger partial charge in [-0.3, -0.25) is 4.79 Å². The number of nitrogen functional groups attached to an aromatic ring is 1. The lowest BCUT2D eigenvalue weighted by atomic mass is 10.1. The average Bonchev–Trinajstić information content (AvgIpc) is 2.88. The predicted octanol–water partition coefficient (Wildman–Crippen LogP) is 4.79. The number of alkyl halides is 3. The molecule has 222 valence electrons. The summed E-state index contributed by atoms with van der Waals surface area (Å²) in [5.74, 6) is 0.261. The number of nitrogens with one attached hydrogen (secondary N) is 2. The molecule has 13 heteroatoms. The summed E-state index contributed by atoms with van der Waals surface area (Å²) >= 11 is 0. The second-order valence-corrected chi connectivity index (χ2v) is 11.9. The highest BCUT2D eigenvalue weighted by molar-refractivity contribution is 7.89. The number of carbonyl (C=O) groups is 1. The Labute approximate surface area is 237 Å². The van der Waals surface area contributed by atoms with E-state index in [0.717, 1.165) is 24.0 Å². The second-order valence-electron chi connectivity index (χ2n) is 10.2. The summed E-state index contributed by atoms with van der Waals surface area (Å²) in [6.45, 7) is 5.82. The van der Waals surface area contributed by atoms with Crippen LogP contribution in [-0.4, -0.2) is 44.2 Å². The predicted molar refractivity (Wildman–Crippen MR) is 149 cm³/mol. The smallest absolute Gasteiger partial charge is 0.416 e. The van der Waals surface area contributed by atoms with E-state index in [9.17, 15) is 26.4 Å². The minimum atomic E-state index is -4.74. The third kappa shape index (κ3) is 9.94. The van der Waals surface area contributed by atoms with Gasteiger partial charge in [-0.05, 0) is 81.6 Å². The first-order valence-corrected chi connectivity index (χ1v) is 14.2. The summed E-state index contributed by atoms with van der Waals surface area (Å²) in [5.41, 5.74) is 4.81. The molecule has 1 atom stereocenters. The molecule has 0 aliphatic carbocycles. The van der Waals surface area contributed by atoms with Crippen molar-refractivity contribution in [2.45, 2.75) is 56.3 Å². The number of rotatable bonds is 12. The molecule has 0 aliphatic heterocycles. The van der Waals surface area contributed by atoms with E-state index in [1.165, 1.54) is 6.07 Å². The largest absolute Gasteiger partial charge is 0.491 e. The van der Waals surface area contributed by atoms with Crippen LogP contribution in [0.2, 0.25) is 0 Å². The lowest BCUT2D eigenvalue weighted by molar-refractivity contribution is -0.156. The van der Waals surface area contributed by atoms with E-state index in [-0.39, 0.29) is 12.1 Å². The minimum absolute atomic E-state index is 0.175. The van der Waals surface area contributed by atoms with Crippen LogP contribution in [0.25, 0.3) is 0 Å². The molecule has 41 heavy (non-hydrogen) atoms. The molecule has 0 aliphatic rings. The van der Waals surface area contributed by atoms with Gasteiger partial charge in [0.25, 0.3) is 0 Å². The molecule has 3 rings (SSSR count). The number of carbonyl (C=O) groups excluding carboxylic acids is 1. The van der Waals surface area contributed by atoms with Gasteiger partial charge < -0.3 is 20.5 Å². The number of nitrogens with zero attached hydrogens (tertiary/aromatic N) is 1. The van der Waals surface area contributed by atoms with Gasteiger partial charge in [-0.1, -0.05) is 18.2 Å². The Morgan fingerprint density at radius 1 is 1.05 bits per heavy atom. The Hall–Kier alpha value is -3.84. The number of nitrogens with two attached hydrogens (primary N) is 1. The van der Waals surface area contributed by atoms with E-state index < -0.39 is 44.3 Å². The third-order valence-corrected chi connectivity index (χ3v) is 6.99. The van der Waals surface area contributed by atoms with Gasteiger partial charge in [-0.2, -0.15) is 17.9 Å². The molecule has 0 spiro atoms. The minimum Gasteiger partial charge on any atom is -0.491 e. The van der Waals surface area contributed by atoms with E-state index in [2.05, 4.69) is 15.0 Å². The highest BCUT2D eigenvalue weighted by atomic mass is 32.2. The summed E-state index contributed by atoms with van der Waals surface area (Å²) in [4.78, 5) is 16.5.